The summed E-state index contributed by atoms with van der Waals surface area (Å²) in [7, 11) is 1.77. The van der Waals surface area contributed by atoms with Gasteiger partial charge in [0.1, 0.15) is 0 Å². The summed E-state index contributed by atoms with van der Waals surface area (Å²) < 4.78 is 0. The number of benzene rings is 1. The van der Waals surface area contributed by atoms with E-state index in [1.807, 2.05) is 37.3 Å². The van der Waals surface area contributed by atoms with E-state index < -0.39 is 0 Å². The first kappa shape index (κ1) is 12.5. The molecule has 0 fully saturated rings. The minimum absolute atomic E-state index is 0.105. The maximum absolute atomic E-state index is 11.7. The van der Waals surface area contributed by atoms with Gasteiger partial charge in [-0.15, -0.1) is 0 Å². The number of hydrogen-bond acceptors (Lipinski definition) is 2. The van der Waals surface area contributed by atoms with Gasteiger partial charge in [-0.3, -0.25) is 0 Å². The molecule has 16 heavy (non-hydrogen) atoms. The number of carbonyl (C=O) groups excluding carboxylic acids is 1. The van der Waals surface area contributed by atoms with Crippen molar-refractivity contribution in [3.05, 3.63) is 30.3 Å². The lowest BCUT2D eigenvalue weighted by Gasteiger charge is -2.21. The molecule has 4 nitrogen and oxygen atoms in total. The Morgan fingerprint density at radius 3 is 2.62 bits per heavy atom. The maximum atomic E-state index is 11.7. The van der Waals surface area contributed by atoms with Crippen LogP contribution in [0, 0.1) is 5.92 Å². The van der Waals surface area contributed by atoms with E-state index in [4.69, 9.17) is 5.73 Å². The lowest BCUT2D eigenvalue weighted by molar-refractivity contribution is 0.216. The summed E-state index contributed by atoms with van der Waals surface area (Å²) in [4.78, 5) is 13.4. The molecule has 3 N–H and O–H groups in total. The largest absolute Gasteiger partial charge is 0.330 e. The van der Waals surface area contributed by atoms with E-state index in [1.54, 1.807) is 11.9 Å². The Kier molecular flexibility index (Phi) is 4.79. The van der Waals surface area contributed by atoms with Crippen molar-refractivity contribution in [2.24, 2.45) is 11.7 Å². The quantitative estimate of drug-likeness (QED) is 0.813. The average molecular weight is 221 g/mol. The second kappa shape index (κ2) is 6.12. The summed E-state index contributed by atoms with van der Waals surface area (Å²) in [5.74, 6) is 0.312. The molecule has 1 aromatic rings. The molecule has 0 aliphatic heterocycles. The fraction of sp³-hybridized carbons (Fsp3) is 0.417. The molecule has 1 rings (SSSR count). The topological polar surface area (TPSA) is 58.4 Å². The maximum Gasteiger partial charge on any atom is 0.321 e. The van der Waals surface area contributed by atoms with E-state index in [9.17, 15) is 4.79 Å². The molecule has 0 aromatic heterocycles. The van der Waals surface area contributed by atoms with Crippen LogP contribution in [0.3, 0.4) is 0 Å². The lowest BCUT2D eigenvalue weighted by Crippen LogP contribution is -2.36. The van der Waals surface area contributed by atoms with Crippen LogP contribution < -0.4 is 11.1 Å². The van der Waals surface area contributed by atoms with Crippen LogP contribution in [0.25, 0.3) is 0 Å². The van der Waals surface area contributed by atoms with E-state index in [-0.39, 0.29) is 6.03 Å². The van der Waals surface area contributed by atoms with Crippen molar-refractivity contribution in [1.29, 1.82) is 0 Å². The van der Waals surface area contributed by atoms with Gasteiger partial charge in [-0.25, -0.2) is 4.79 Å². The van der Waals surface area contributed by atoms with Gasteiger partial charge < -0.3 is 16.0 Å². The molecule has 0 aliphatic carbocycles. The zero-order chi connectivity index (χ0) is 12.0. The Hall–Kier alpha value is -1.55. The Morgan fingerprint density at radius 2 is 2.06 bits per heavy atom. The first-order valence-electron chi connectivity index (χ1n) is 5.40. The fourth-order valence-electron chi connectivity index (χ4n) is 1.37. The molecule has 0 saturated heterocycles. The predicted molar refractivity (Wildman–Crippen MR) is 66.3 cm³/mol. The van der Waals surface area contributed by atoms with Crippen LogP contribution in [-0.4, -0.2) is 31.1 Å². The highest BCUT2D eigenvalue weighted by Crippen LogP contribution is 2.06. The van der Waals surface area contributed by atoms with Gasteiger partial charge in [0.25, 0.3) is 0 Å². The molecule has 0 saturated carbocycles. The van der Waals surface area contributed by atoms with Crippen LogP contribution >= 0.6 is 0 Å². The van der Waals surface area contributed by atoms with Crippen molar-refractivity contribution >= 4 is 11.7 Å². The van der Waals surface area contributed by atoms with Crippen LogP contribution in [0.4, 0.5) is 10.5 Å². The lowest BCUT2D eigenvalue weighted by atomic mass is 10.2. The van der Waals surface area contributed by atoms with E-state index in [0.29, 0.717) is 19.0 Å². The Morgan fingerprint density at radius 1 is 1.44 bits per heavy atom. The van der Waals surface area contributed by atoms with Crippen molar-refractivity contribution in [1.82, 2.24) is 4.90 Å². The van der Waals surface area contributed by atoms with Gasteiger partial charge in [0.15, 0.2) is 0 Å². The number of nitrogens with one attached hydrogen (secondary N) is 1. The minimum Gasteiger partial charge on any atom is -0.330 e. The summed E-state index contributed by atoms with van der Waals surface area (Å²) in [5.41, 5.74) is 6.32. The number of urea groups is 1. The highest BCUT2D eigenvalue weighted by molar-refractivity contribution is 5.89. The number of amides is 2. The normalized spacial score (nSPS) is 11.9. The van der Waals surface area contributed by atoms with Crippen molar-refractivity contribution in [2.45, 2.75) is 6.92 Å². The van der Waals surface area contributed by atoms with E-state index in [2.05, 4.69) is 5.32 Å². The van der Waals surface area contributed by atoms with Gasteiger partial charge in [0.05, 0.1) is 0 Å². The van der Waals surface area contributed by atoms with Crippen molar-refractivity contribution in [3.8, 4) is 0 Å². The number of para-hydroxylation sites is 1. The number of nitrogens with zero attached hydrogens (tertiary/aromatic N) is 1. The summed E-state index contributed by atoms with van der Waals surface area (Å²) in [5, 5.41) is 2.82. The van der Waals surface area contributed by atoms with E-state index in [1.165, 1.54) is 0 Å². The number of anilines is 1. The SMILES string of the molecule is CC(CN)CN(C)C(=O)Nc1ccccc1. The van der Waals surface area contributed by atoms with Crippen LogP contribution in [-0.2, 0) is 0 Å². The van der Waals surface area contributed by atoms with Crippen molar-refractivity contribution in [3.63, 3.8) is 0 Å². The molecule has 0 aliphatic rings. The third-order valence-electron chi connectivity index (χ3n) is 2.36. The van der Waals surface area contributed by atoms with Crippen molar-refractivity contribution in [2.75, 3.05) is 25.5 Å². The zero-order valence-electron chi connectivity index (χ0n) is 9.81. The predicted octanol–water partition coefficient (Wildman–Crippen LogP) is 1.75. The summed E-state index contributed by atoms with van der Waals surface area (Å²) in [6, 6.07) is 9.30. The summed E-state index contributed by atoms with van der Waals surface area (Å²) in [6.07, 6.45) is 0. The number of hydrogen-bond donors (Lipinski definition) is 2. The molecule has 1 aromatic carbocycles. The molecule has 88 valence electrons. The van der Waals surface area contributed by atoms with Gasteiger partial charge in [-0.1, -0.05) is 25.1 Å². The van der Waals surface area contributed by atoms with Gasteiger partial charge in [-0.2, -0.15) is 0 Å². The molecule has 0 heterocycles. The molecule has 4 heteroatoms. The Labute approximate surface area is 96.4 Å². The monoisotopic (exact) mass is 221 g/mol. The van der Waals surface area contributed by atoms with Gasteiger partial charge in [0.2, 0.25) is 0 Å². The van der Waals surface area contributed by atoms with Crippen LogP contribution in [0.1, 0.15) is 6.92 Å². The molecule has 0 radical (unpaired) electrons. The standard InChI is InChI=1S/C12H19N3O/c1-10(8-13)9-15(2)12(16)14-11-6-4-3-5-7-11/h3-7,10H,8-9,13H2,1-2H3,(H,14,16). The highest BCUT2D eigenvalue weighted by Gasteiger charge is 2.11. The third kappa shape index (κ3) is 3.90. The molecule has 2 amide bonds. The minimum atomic E-state index is -0.105. The van der Waals surface area contributed by atoms with Gasteiger partial charge >= 0.3 is 6.03 Å². The molecule has 0 spiro atoms. The zero-order valence-corrected chi connectivity index (χ0v) is 9.81. The molecular formula is C12H19N3O. The highest BCUT2D eigenvalue weighted by atomic mass is 16.2. The molecule has 1 atom stereocenters. The summed E-state index contributed by atoms with van der Waals surface area (Å²) in [6.45, 7) is 3.27. The average Bonchev–Trinajstić information content (AvgIpc) is 2.30. The number of carbonyl (C=O) groups is 1. The van der Waals surface area contributed by atoms with E-state index in [0.717, 1.165) is 5.69 Å². The second-order valence-corrected chi connectivity index (χ2v) is 4.02. The van der Waals surface area contributed by atoms with Crippen molar-refractivity contribution < 1.29 is 4.79 Å². The Balaban J connectivity index is 2.46. The van der Waals surface area contributed by atoms with Crippen LogP contribution in [0.5, 0.6) is 0 Å². The van der Waals surface area contributed by atoms with Crippen LogP contribution in [0.2, 0.25) is 0 Å². The van der Waals surface area contributed by atoms with Gasteiger partial charge in [-0.05, 0) is 24.6 Å². The number of nitrogens with two attached hydrogens (primary N) is 1. The smallest absolute Gasteiger partial charge is 0.321 e. The first-order valence-corrected chi connectivity index (χ1v) is 5.40. The molecule has 1 unspecified atom stereocenters. The molecular weight excluding hydrogens is 202 g/mol. The third-order valence-corrected chi connectivity index (χ3v) is 2.36. The molecule has 0 bridgehead atoms. The van der Waals surface area contributed by atoms with Crippen LogP contribution in [0.15, 0.2) is 30.3 Å². The first-order chi connectivity index (χ1) is 7.63. The fourth-order valence-corrected chi connectivity index (χ4v) is 1.37. The van der Waals surface area contributed by atoms with Gasteiger partial charge in [0, 0.05) is 19.3 Å². The second-order valence-electron chi connectivity index (χ2n) is 4.02. The summed E-state index contributed by atoms with van der Waals surface area (Å²) >= 11 is 0. The Bertz CT molecular complexity index is 326. The number of rotatable bonds is 4. The van der Waals surface area contributed by atoms with E-state index >= 15 is 0 Å².